The van der Waals surface area contributed by atoms with E-state index in [0.29, 0.717) is 61.2 Å². The lowest BCUT2D eigenvalue weighted by Crippen LogP contribution is -2.34. The van der Waals surface area contributed by atoms with E-state index in [1.165, 1.54) is 5.56 Å². The molecule has 4 unspecified atom stereocenters. The van der Waals surface area contributed by atoms with Gasteiger partial charge in [0, 0.05) is 41.4 Å². The zero-order chi connectivity index (χ0) is 35.2. The maximum absolute atomic E-state index is 11.9. The molecular formula is C41H43NO9. The first-order valence-corrected chi connectivity index (χ1v) is 17.8. The molecule has 4 atom stereocenters. The predicted octanol–water partition coefficient (Wildman–Crippen LogP) is 5.15. The number of rotatable bonds is 10. The maximum atomic E-state index is 11.9. The number of phenolic OH excluding ortho intramolecular Hbond substituents is 2. The number of aliphatic hydroxyl groups excluding tert-OH is 4. The summed E-state index contributed by atoms with van der Waals surface area (Å²) >= 11 is 0. The van der Waals surface area contributed by atoms with E-state index in [2.05, 4.69) is 29.2 Å². The lowest BCUT2D eigenvalue weighted by atomic mass is 9.72. The van der Waals surface area contributed by atoms with Crippen molar-refractivity contribution >= 4 is 10.9 Å². The zero-order valence-corrected chi connectivity index (χ0v) is 28.3. The van der Waals surface area contributed by atoms with E-state index >= 15 is 0 Å². The summed E-state index contributed by atoms with van der Waals surface area (Å²) in [5.74, 6) is 1.67. The summed E-state index contributed by atoms with van der Waals surface area (Å²) in [5.41, 5.74) is 9.19. The van der Waals surface area contributed by atoms with Gasteiger partial charge in [-0.15, -0.1) is 0 Å². The number of nitrogens with one attached hydrogen (secondary N) is 1. The molecule has 4 aromatic carbocycles. The summed E-state index contributed by atoms with van der Waals surface area (Å²) in [4.78, 5) is 3.26. The summed E-state index contributed by atoms with van der Waals surface area (Å²) in [7, 11) is 0. The number of aryl methyl sites for hydroxylation is 1. The summed E-state index contributed by atoms with van der Waals surface area (Å²) in [6.07, 6.45) is 3.51. The Bertz CT molecular complexity index is 2060. The van der Waals surface area contributed by atoms with Gasteiger partial charge in [-0.2, -0.15) is 0 Å². The molecule has 1 aliphatic carbocycles. The molecule has 3 heterocycles. The third kappa shape index (κ3) is 6.06. The Hall–Kier alpha value is -4.74. The maximum Gasteiger partial charge on any atom is 0.161 e. The lowest BCUT2D eigenvalue weighted by Gasteiger charge is -2.40. The van der Waals surface area contributed by atoms with Crippen molar-refractivity contribution in [1.29, 1.82) is 0 Å². The molecule has 0 amide bonds. The van der Waals surface area contributed by atoms with Gasteiger partial charge in [-0.1, -0.05) is 12.1 Å². The topological polar surface area (TPSA) is 165 Å². The van der Waals surface area contributed by atoms with Gasteiger partial charge in [0.05, 0.1) is 19.3 Å². The van der Waals surface area contributed by atoms with Gasteiger partial charge in [0.2, 0.25) is 0 Å². The molecule has 8 rings (SSSR count). The van der Waals surface area contributed by atoms with Crippen LogP contribution in [-0.2, 0) is 32.1 Å². The van der Waals surface area contributed by atoms with Crippen molar-refractivity contribution < 1.29 is 44.8 Å². The van der Waals surface area contributed by atoms with Crippen LogP contribution < -0.4 is 14.2 Å². The van der Waals surface area contributed by atoms with Crippen LogP contribution in [0.25, 0.3) is 22.0 Å². The molecule has 2 aliphatic heterocycles. The molecular weight excluding hydrogens is 650 g/mol. The molecule has 0 fully saturated rings. The second kappa shape index (κ2) is 13.8. The van der Waals surface area contributed by atoms with Gasteiger partial charge in [-0.05, 0) is 126 Å². The number of ether oxygens (including phenoxy) is 3. The van der Waals surface area contributed by atoms with Crippen LogP contribution in [0, 0.1) is 0 Å². The minimum atomic E-state index is -0.939. The van der Waals surface area contributed by atoms with Crippen LogP contribution in [0.2, 0.25) is 0 Å². The molecule has 3 aliphatic rings. The van der Waals surface area contributed by atoms with Gasteiger partial charge in [0.15, 0.2) is 11.5 Å². The Kier molecular flexibility index (Phi) is 9.02. The first kappa shape index (κ1) is 33.4. The quantitative estimate of drug-likeness (QED) is 0.105. The first-order valence-electron chi connectivity index (χ1n) is 17.8. The Labute approximate surface area is 295 Å². The van der Waals surface area contributed by atoms with Gasteiger partial charge in [0.1, 0.15) is 36.1 Å². The van der Waals surface area contributed by atoms with Crippen LogP contribution in [-0.4, -0.2) is 74.3 Å². The largest absolute Gasteiger partial charge is 0.508 e. The van der Waals surface area contributed by atoms with E-state index in [0.717, 1.165) is 50.7 Å². The summed E-state index contributed by atoms with van der Waals surface area (Å²) in [6, 6.07) is 17.4. The molecule has 5 aromatic rings. The minimum absolute atomic E-state index is 0.0163. The van der Waals surface area contributed by atoms with E-state index in [4.69, 9.17) is 14.2 Å². The highest BCUT2D eigenvalue weighted by molar-refractivity contribution is 5.85. The predicted molar refractivity (Wildman–Crippen MR) is 191 cm³/mol. The fourth-order valence-electron chi connectivity index (χ4n) is 8.31. The minimum Gasteiger partial charge on any atom is -0.508 e. The number of aromatic amines is 1. The fraction of sp³-hybridized carbons (Fsp3) is 0.366. The molecule has 1 aromatic heterocycles. The average Bonchev–Trinajstić information content (AvgIpc) is 3.61. The van der Waals surface area contributed by atoms with Crippen molar-refractivity contribution in [3.05, 3.63) is 99.7 Å². The Balaban J connectivity index is 1.25. The Morgan fingerprint density at radius 1 is 0.863 bits per heavy atom. The third-order valence-electron chi connectivity index (χ3n) is 10.7. The highest BCUT2D eigenvalue weighted by Gasteiger charge is 2.41. The molecule has 0 radical (unpaired) electrons. The van der Waals surface area contributed by atoms with E-state index < -0.39 is 12.2 Å². The molecule has 7 N–H and O–H groups in total. The summed E-state index contributed by atoms with van der Waals surface area (Å²) < 4.78 is 19.1. The number of aliphatic hydroxyl groups is 4. The van der Waals surface area contributed by atoms with Crippen molar-refractivity contribution in [3.63, 3.8) is 0 Å². The molecule has 10 nitrogen and oxygen atoms in total. The van der Waals surface area contributed by atoms with Crippen LogP contribution in [0.5, 0.6) is 28.7 Å². The van der Waals surface area contributed by atoms with Crippen molar-refractivity contribution in [2.75, 3.05) is 26.4 Å². The van der Waals surface area contributed by atoms with Crippen molar-refractivity contribution in [2.24, 2.45) is 0 Å². The van der Waals surface area contributed by atoms with Gasteiger partial charge >= 0.3 is 0 Å². The molecule has 0 saturated carbocycles. The van der Waals surface area contributed by atoms with Crippen LogP contribution >= 0.6 is 0 Å². The van der Waals surface area contributed by atoms with Gasteiger partial charge < -0.3 is 49.8 Å². The fourth-order valence-corrected chi connectivity index (χ4v) is 8.31. The third-order valence-corrected chi connectivity index (χ3v) is 10.7. The second-order valence-electron chi connectivity index (χ2n) is 13.9. The van der Waals surface area contributed by atoms with E-state index in [9.17, 15) is 30.6 Å². The van der Waals surface area contributed by atoms with Crippen LogP contribution in [0.3, 0.4) is 0 Å². The van der Waals surface area contributed by atoms with Crippen molar-refractivity contribution in [1.82, 2.24) is 4.98 Å². The van der Waals surface area contributed by atoms with Gasteiger partial charge in [-0.25, -0.2) is 0 Å². The van der Waals surface area contributed by atoms with Crippen molar-refractivity contribution in [3.8, 4) is 39.9 Å². The summed E-state index contributed by atoms with van der Waals surface area (Å²) in [5, 5.41) is 63.7. The van der Waals surface area contributed by atoms with Crippen LogP contribution in [0.15, 0.2) is 60.8 Å². The SMILES string of the molecule is OCCCc1cc(C2Oc3c(c4c(c5c3CCC(CO)O5)-c3ccc(O)cc3C(Cc3ccc5[nH]ccc5c3)C4)CC2O)cc(OCCO)c1O. The van der Waals surface area contributed by atoms with Crippen LogP contribution in [0.4, 0.5) is 0 Å². The number of H-pyrrole nitrogens is 1. The second-order valence-corrected chi connectivity index (χ2v) is 13.9. The Morgan fingerprint density at radius 2 is 1.75 bits per heavy atom. The van der Waals surface area contributed by atoms with Crippen molar-refractivity contribution in [2.45, 2.75) is 69.2 Å². The van der Waals surface area contributed by atoms with Gasteiger partial charge in [0.25, 0.3) is 0 Å². The first-order chi connectivity index (χ1) is 24.9. The molecule has 51 heavy (non-hydrogen) atoms. The molecule has 0 bridgehead atoms. The van der Waals surface area contributed by atoms with E-state index in [1.54, 1.807) is 18.2 Å². The number of hydrogen-bond donors (Lipinski definition) is 7. The normalized spacial score (nSPS) is 20.5. The molecule has 266 valence electrons. The smallest absolute Gasteiger partial charge is 0.161 e. The summed E-state index contributed by atoms with van der Waals surface area (Å²) in [6.45, 7) is -0.429. The highest BCUT2D eigenvalue weighted by atomic mass is 16.5. The van der Waals surface area contributed by atoms with E-state index in [1.807, 2.05) is 18.3 Å². The van der Waals surface area contributed by atoms with Gasteiger partial charge in [-0.3, -0.25) is 0 Å². The molecule has 0 saturated heterocycles. The van der Waals surface area contributed by atoms with Crippen LogP contribution in [0.1, 0.15) is 63.8 Å². The number of phenols is 2. The highest BCUT2D eigenvalue weighted by Crippen LogP contribution is 2.56. The number of benzene rings is 4. The Morgan fingerprint density at radius 3 is 2.57 bits per heavy atom. The lowest BCUT2D eigenvalue weighted by molar-refractivity contribution is 0.0180. The van der Waals surface area contributed by atoms with E-state index in [-0.39, 0.29) is 55.7 Å². The number of aromatic nitrogens is 1. The monoisotopic (exact) mass is 693 g/mol. The number of hydrogen-bond acceptors (Lipinski definition) is 9. The standard InChI is InChI=1S/C41H43NO9/c43-11-1-2-24-16-26(18-36(38(24)48)49-13-12-44)39-35(47)20-33-32-17-25(15-22-3-8-34-23(14-22)9-10-42-34)31-19-27(46)4-6-29(31)37(32)41-30(40(33)51-39)7-5-28(21-45)50-41/h3-4,6,8-10,14,16,18-19,25,28,35,39,42-48H,1-2,5,7,11-13,15,17,20-21H2. The zero-order valence-electron chi connectivity index (χ0n) is 28.3. The molecule has 10 heteroatoms. The number of fused-ring (bicyclic) bond motifs is 9. The number of aromatic hydroxyl groups is 2. The molecule has 0 spiro atoms. The average molecular weight is 694 g/mol.